The third-order valence-corrected chi connectivity index (χ3v) is 5.87. The molecule has 2 atom stereocenters. The van der Waals surface area contributed by atoms with Gasteiger partial charge in [-0.3, -0.25) is 0 Å². The first-order chi connectivity index (χ1) is 8.13. The smallest absolute Gasteiger partial charge is 0.337 e. The summed E-state index contributed by atoms with van der Waals surface area (Å²) in [5.41, 5.74) is 0. The molecular formula is C12H26O4Si. The monoisotopic (exact) mass is 262 g/mol. The molecular weight excluding hydrogens is 236 g/mol. The molecule has 1 heterocycles. The minimum absolute atomic E-state index is 0.231. The molecule has 1 fully saturated rings. The van der Waals surface area contributed by atoms with Gasteiger partial charge in [0.25, 0.3) is 0 Å². The Morgan fingerprint density at radius 3 is 2.24 bits per heavy atom. The third-order valence-electron chi connectivity index (χ3n) is 2.87. The number of hydrogen-bond acceptors (Lipinski definition) is 4. The van der Waals surface area contributed by atoms with Gasteiger partial charge in [0.05, 0.1) is 19.3 Å². The molecule has 0 aromatic rings. The summed E-state index contributed by atoms with van der Waals surface area (Å²) in [6, 6.07) is 0.901. The van der Waals surface area contributed by atoms with Crippen LogP contribution in [0.4, 0.5) is 0 Å². The summed E-state index contributed by atoms with van der Waals surface area (Å²) in [6.45, 7) is 11.3. The molecule has 1 saturated heterocycles. The highest BCUT2D eigenvalue weighted by molar-refractivity contribution is 6.66. The van der Waals surface area contributed by atoms with Gasteiger partial charge in [0.15, 0.2) is 0 Å². The Bertz CT molecular complexity index is 203. The summed E-state index contributed by atoms with van der Waals surface area (Å²) >= 11 is 0. The summed E-state index contributed by atoms with van der Waals surface area (Å²) in [4.78, 5) is 0. The van der Waals surface area contributed by atoms with Crippen LogP contribution >= 0.6 is 0 Å². The van der Waals surface area contributed by atoms with Crippen molar-refractivity contribution in [1.29, 1.82) is 0 Å². The first-order valence-corrected chi connectivity index (χ1v) is 9.17. The molecule has 0 bridgehead atoms. The quantitative estimate of drug-likeness (QED) is 0.447. The topological polar surface area (TPSA) is 40.2 Å². The summed E-state index contributed by atoms with van der Waals surface area (Å²) in [7, 11) is -2.05. The van der Waals surface area contributed by atoms with Crippen LogP contribution < -0.4 is 0 Å². The molecule has 1 aliphatic rings. The van der Waals surface area contributed by atoms with Crippen molar-refractivity contribution in [2.45, 2.75) is 52.0 Å². The summed E-state index contributed by atoms with van der Waals surface area (Å²) in [5, 5.41) is 0. The van der Waals surface area contributed by atoms with Crippen molar-refractivity contribution in [2.75, 3.05) is 26.4 Å². The van der Waals surface area contributed by atoms with Crippen molar-refractivity contribution in [3.63, 3.8) is 0 Å². The average Bonchev–Trinajstić information content (AvgIpc) is 3.08. The molecule has 17 heavy (non-hydrogen) atoms. The number of ether oxygens (including phenoxy) is 2. The zero-order chi connectivity index (χ0) is 12.7. The predicted molar refractivity (Wildman–Crippen MR) is 69.4 cm³/mol. The van der Waals surface area contributed by atoms with Crippen LogP contribution in [0.5, 0.6) is 0 Å². The molecule has 4 nitrogen and oxygen atoms in total. The molecule has 0 spiro atoms. The number of epoxide rings is 1. The fraction of sp³-hybridized carbons (Fsp3) is 1.00. The molecule has 1 aliphatic heterocycles. The minimum atomic E-state index is -2.05. The van der Waals surface area contributed by atoms with Crippen molar-refractivity contribution < 1.29 is 18.3 Å². The van der Waals surface area contributed by atoms with E-state index in [4.69, 9.17) is 18.3 Å². The van der Waals surface area contributed by atoms with Gasteiger partial charge in [0.1, 0.15) is 6.10 Å². The van der Waals surface area contributed by atoms with Crippen LogP contribution in [0, 0.1) is 0 Å². The van der Waals surface area contributed by atoms with Crippen molar-refractivity contribution in [2.24, 2.45) is 0 Å². The van der Waals surface area contributed by atoms with E-state index < -0.39 is 8.56 Å². The van der Waals surface area contributed by atoms with Gasteiger partial charge >= 0.3 is 8.56 Å². The Morgan fingerprint density at radius 2 is 1.82 bits per heavy atom. The van der Waals surface area contributed by atoms with Gasteiger partial charge in [-0.2, -0.15) is 0 Å². The van der Waals surface area contributed by atoms with E-state index in [-0.39, 0.29) is 6.10 Å². The van der Waals surface area contributed by atoms with Gasteiger partial charge in [-0.25, -0.2) is 0 Å². The van der Waals surface area contributed by atoms with Gasteiger partial charge in [0.2, 0.25) is 0 Å². The standard InChI is InChI=1S/C12H26O4Si/c1-5-11(13-8-12-9-14-12)10-17(4,15-6-2)16-7-3/h11-12H,5-10H2,1-4H3. The van der Waals surface area contributed by atoms with Gasteiger partial charge in [-0.1, -0.05) is 6.92 Å². The molecule has 5 heteroatoms. The molecule has 0 amide bonds. The van der Waals surface area contributed by atoms with E-state index in [9.17, 15) is 0 Å². The van der Waals surface area contributed by atoms with E-state index in [2.05, 4.69) is 13.5 Å². The Hall–Kier alpha value is 0.0569. The second kappa shape index (κ2) is 7.48. The zero-order valence-corrected chi connectivity index (χ0v) is 12.5. The van der Waals surface area contributed by atoms with Crippen molar-refractivity contribution in [1.82, 2.24) is 0 Å². The minimum Gasteiger partial charge on any atom is -0.395 e. The zero-order valence-electron chi connectivity index (χ0n) is 11.5. The van der Waals surface area contributed by atoms with E-state index in [1.807, 2.05) is 13.8 Å². The Morgan fingerprint density at radius 1 is 1.24 bits per heavy atom. The van der Waals surface area contributed by atoms with Crippen LogP contribution in [0.1, 0.15) is 27.2 Å². The van der Waals surface area contributed by atoms with Crippen LogP contribution in [0.15, 0.2) is 0 Å². The van der Waals surface area contributed by atoms with Gasteiger partial charge in [0, 0.05) is 19.3 Å². The highest BCUT2D eigenvalue weighted by Crippen LogP contribution is 2.21. The summed E-state index contributed by atoms with van der Waals surface area (Å²) < 4.78 is 22.7. The first-order valence-electron chi connectivity index (χ1n) is 6.64. The lowest BCUT2D eigenvalue weighted by Crippen LogP contribution is -2.42. The van der Waals surface area contributed by atoms with E-state index in [1.54, 1.807) is 0 Å². The maximum atomic E-state index is 5.85. The molecule has 102 valence electrons. The predicted octanol–water partition coefficient (Wildman–Crippen LogP) is 2.33. The van der Waals surface area contributed by atoms with Crippen LogP contribution in [0.3, 0.4) is 0 Å². The van der Waals surface area contributed by atoms with Crippen LogP contribution in [0.2, 0.25) is 12.6 Å². The average molecular weight is 262 g/mol. The van der Waals surface area contributed by atoms with Gasteiger partial charge in [-0.15, -0.1) is 0 Å². The fourth-order valence-electron chi connectivity index (χ4n) is 1.91. The number of hydrogen-bond donors (Lipinski definition) is 0. The SMILES string of the molecule is CCO[Si](C)(CC(CC)OCC1CO1)OCC. The summed E-state index contributed by atoms with van der Waals surface area (Å²) in [5.74, 6) is 0. The highest BCUT2D eigenvalue weighted by atomic mass is 28.4. The van der Waals surface area contributed by atoms with Gasteiger partial charge < -0.3 is 18.3 Å². The van der Waals surface area contributed by atoms with E-state index in [0.717, 1.165) is 19.1 Å². The molecule has 0 aromatic heterocycles. The molecule has 0 saturated carbocycles. The Kier molecular flexibility index (Phi) is 6.65. The normalized spacial score (nSPS) is 21.5. The largest absolute Gasteiger partial charge is 0.395 e. The maximum Gasteiger partial charge on any atom is 0.337 e. The fourth-order valence-corrected chi connectivity index (χ4v) is 4.69. The third kappa shape index (κ3) is 5.97. The Labute approximate surface area is 106 Å². The molecule has 0 N–H and O–H groups in total. The molecule has 2 unspecified atom stereocenters. The molecule has 0 radical (unpaired) electrons. The molecule has 1 rings (SSSR count). The van der Waals surface area contributed by atoms with Crippen molar-refractivity contribution in [3.05, 3.63) is 0 Å². The van der Waals surface area contributed by atoms with Gasteiger partial charge in [-0.05, 0) is 26.8 Å². The van der Waals surface area contributed by atoms with Crippen LogP contribution in [-0.4, -0.2) is 47.2 Å². The van der Waals surface area contributed by atoms with Crippen LogP contribution in [0.25, 0.3) is 0 Å². The van der Waals surface area contributed by atoms with E-state index in [0.29, 0.717) is 25.9 Å². The van der Waals surface area contributed by atoms with Crippen LogP contribution in [-0.2, 0) is 18.3 Å². The highest BCUT2D eigenvalue weighted by Gasteiger charge is 2.35. The second-order valence-electron chi connectivity index (χ2n) is 4.52. The summed E-state index contributed by atoms with van der Waals surface area (Å²) in [6.07, 6.45) is 1.56. The van der Waals surface area contributed by atoms with Crippen molar-refractivity contribution in [3.8, 4) is 0 Å². The lowest BCUT2D eigenvalue weighted by atomic mass is 10.3. The molecule has 0 aliphatic carbocycles. The Balaban J connectivity index is 2.36. The van der Waals surface area contributed by atoms with Crippen molar-refractivity contribution >= 4 is 8.56 Å². The number of rotatable bonds is 10. The lowest BCUT2D eigenvalue weighted by Gasteiger charge is -2.29. The maximum absolute atomic E-state index is 5.85. The van der Waals surface area contributed by atoms with E-state index >= 15 is 0 Å². The second-order valence-corrected chi connectivity index (χ2v) is 7.78. The van der Waals surface area contributed by atoms with E-state index in [1.165, 1.54) is 0 Å². The first kappa shape index (κ1) is 15.1. The molecule has 0 aromatic carbocycles. The lowest BCUT2D eigenvalue weighted by molar-refractivity contribution is 0.0427.